The van der Waals surface area contributed by atoms with Crippen molar-refractivity contribution >= 4 is 33.9 Å². The zero-order valence-electron chi connectivity index (χ0n) is 18.2. The number of hydrogen-bond donors (Lipinski definition) is 3. The van der Waals surface area contributed by atoms with Gasteiger partial charge in [-0.15, -0.1) is 11.3 Å². The molecule has 0 saturated carbocycles. The number of ether oxygens (including phenoxy) is 1. The van der Waals surface area contributed by atoms with Crippen LogP contribution in [0.25, 0.3) is 0 Å². The Bertz CT molecular complexity index is 1170. The van der Waals surface area contributed by atoms with Gasteiger partial charge in [-0.3, -0.25) is 4.79 Å². The number of fused-ring (bicyclic) bond motifs is 1. The molecule has 1 aromatic heterocycles. The molecule has 1 saturated heterocycles. The summed E-state index contributed by atoms with van der Waals surface area (Å²) < 4.78 is 5.39. The summed E-state index contributed by atoms with van der Waals surface area (Å²) in [6, 6.07) is 15.9. The summed E-state index contributed by atoms with van der Waals surface area (Å²) >= 11 is 1.28. The first-order chi connectivity index (χ1) is 16.1. The lowest BCUT2D eigenvalue weighted by Crippen LogP contribution is -2.27. The number of amides is 1. The Kier molecular flexibility index (Phi) is 6.15. The molecule has 1 amide bonds. The smallest absolute Gasteiger partial charge is 0.339 e. The minimum Gasteiger partial charge on any atom is -0.478 e. The molecule has 33 heavy (non-hydrogen) atoms. The third kappa shape index (κ3) is 4.51. The normalized spacial score (nSPS) is 18.0. The number of aromatic carboxylic acids is 1. The number of rotatable bonds is 6. The molecule has 1 unspecified atom stereocenters. The lowest BCUT2D eigenvalue weighted by Gasteiger charge is -2.24. The van der Waals surface area contributed by atoms with Gasteiger partial charge < -0.3 is 20.5 Å². The molecule has 0 spiro atoms. The maximum atomic E-state index is 12.9. The predicted molar refractivity (Wildman–Crippen MR) is 130 cm³/mol. The minimum absolute atomic E-state index is 0.0461. The number of carboxylic acid groups (broad SMARTS) is 1. The van der Waals surface area contributed by atoms with Crippen LogP contribution in [-0.4, -0.2) is 36.2 Å². The maximum absolute atomic E-state index is 12.9. The summed E-state index contributed by atoms with van der Waals surface area (Å²) in [4.78, 5) is 25.0. The first-order valence-corrected chi connectivity index (χ1v) is 12.2. The number of carbonyl (C=O) groups is 2. The van der Waals surface area contributed by atoms with E-state index in [1.54, 1.807) is 12.1 Å². The number of anilines is 2. The van der Waals surface area contributed by atoms with Crippen molar-refractivity contribution in [3.05, 3.63) is 81.7 Å². The molecule has 2 heterocycles. The molecule has 2 aromatic carbocycles. The fourth-order valence-electron chi connectivity index (χ4n) is 4.79. The molecule has 3 N–H and O–H groups in total. The standard InChI is InChI=1S/C26H26N2O4S/c29-24(17-5-8-18(9-6-17)27-19-11-13-32-14-12-19)28-25-23(26(30)31)22(15-33-25)21-10-7-16-3-1-2-4-20(16)21/h1-6,8-9,15,19,21,27H,7,10-14H2,(H,28,29)(H,30,31). The molecule has 1 aliphatic carbocycles. The van der Waals surface area contributed by atoms with Gasteiger partial charge in [0.15, 0.2) is 0 Å². The van der Waals surface area contributed by atoms with Gasteiger partial charge in [0.05, 0.1) is 5.56 Å². The van der Waals surface area contributed by atoms with Gasteiger partial charge in [-0.1, -0.05) is 24.3 Å². The third-order valence-corrected chi connectivity index (χ3v) is 7.42. The van der Waals surface area contributed by atoms with Gasteiger partial charge in [-0.25, -0.2) is 4.79 Å². The molecule has 7 heteroatoms. The zero-order chi connectivity index (χ0) is 22.8. The third-order valence-electron chi connectivity index (χ3n) is 6.51. The van der Waals surface area contributed by atoms with Gasteiger partial charge in [0.1, 0.15) is 5.00 Å². The van der Waals surface area contributed by atoms with E-state index in [4.69, 9.17) is 4.74 Å². The SMILES string of the molecule is O=C(Nc1scc(C2CCc3ccccc32)c1C(=O)O)c1ccc(NC2CCOCC2)cc1. The molecule has 5 rings (SSSR count). The highest BCUT2D eigenvalue weighted by atomic mass is 32.1. The van der Waals surface area contributed by atoms with E-state index >= 15 is 0 Å². The van der Waals surface area contributed by atoms with Crippen LogP contribution in [0.3, 0.4) is 0 Å². The summed E-state index contributed by atoms with van der Waals surface area (Å²) in [6.07, 6.45) is 3.75. The number of hydrogen-bond acceptors (Lipinski definition) is 5. The Morgan fingerprint density at radius 1 is 0.970 bits per heavy atom. The van der Waals surface area contributed by atoms with E-state index in [9.17, 15) is 14.7 Å². The van der Waals surface area contributed by atoms with E-state index in [0.29, 0.717) is 16.6 Å². The topological polar surface area (TPSA) is 87.7 Å². The van der Waals surface area contributed by atoms with E-state index < -0.39 is 5.97 Å². The molecule has 0 radical (unpaired) electrons. The van der Waals surface area contributed by atoms with Crippen molar-refractivity contribution in [3.63, 3.8) is 0 Å². The quantitative estimate of drug-likeness (QED) is 0.459. The van der Waals surface area contributed by atoms with E-state index in [0.717, 1.165) is 50.1 Å². The second kappa shape index (κ2) is 9.37. The number of carbonyl (C=O) groups excluding carboxylic acids is 1. The van der Waals surface area contributed by atoms with Crippen LogP contribution in [0.2, 0.25) is 0 Å². The summed E-state index contributed by atoms with van der Waals surface area (Å²) in [6.45, 7) is 1.53. The highest BCUT2D eigenvalue weighted by Gasteiger charge is 2.30. The Morgan fingerprint density at radius 2 is 1.73 bits per heavy atom. The number of carboxylic acids is 1. The van der Waals surface area contributed by atoms with Crippen molar-refractivity contribution in [2.75, 3.05) is 23.8 Å². The van der Waals surface area contributed by atoms with Crippen molar-refractivity contribution in [1.29, 1.82) is 0 Å². The molecule has 2 aliphatic rings. The van der Waals surface area contributed by atoms with Gasteiger partial charge in [0.2, 0.25) is 0 Å². The van der Waals surface area contributed by atoms with E-state index in [2.05, 4.69) is 22.8 Å². The van der Waals surface area contributed by atoms with Crippen LogP contribution in [0.4, 0.5) is 10.7 Å². The first kappa shape index (κ1) is 21.7. The Balaban J connectivity index is 1.32. The molecule has 0 bridgehead atoms. The summed E-state index contributed by atoms with van der Waals surface area (Å²) in [5, 5.41) is 18.5. The Morgan fingerprint density at radius 3 is 2.48 bits per heavy atom. The lowest BCUT2D eigenvalue weighted by atomic mass is 9.92. The van der Waals surface area contributed by atoms with Crippen molar-refractivity contribution in [3.8, 4) is 0 Å². The molecule has 1 atom stereocenters. The van der Waals surface area contributed by atoms with Gasteiger partial charge in [0.25, 0.3) is 5.91 Å². The predicted octanol–water partition coefficient (Wildman–Crippen LogP) is 5.37. The number of thiophene rings is 1. The Labute approximate surface area is 196 Å². The van der Waals surface area contributed by atoms with Crippen LogP contribution in [0.1, 0.15) is 62.6 Å². The van der Waals surface area contributed by atoms with Crippen molar-refractivity contribution in [2.45, 2.75) is 37.6 Å². The van der Waals surface area contributed by atoms with Crippen LogP contribution in [0.15, 0.2) is 53.9 Å². The van der Waals surface area contributed by atoms with Crippen LogP contribution in [0.5, 0.6) is 0 Å². The fourth-order valence-corrected chi connectivity index (χ4v) is 5.79. The summed E-state index contributed by atoms with van der Waals surface area (Å²) in [5.74, 6) is -1.28. The first-order valence-electron chi connectivity index (χ1n) is 11.3. The van der Waals surface area contributed by atoms with Gasteiger partial charge in [-0.2, -0.15) is 0 Å². The monoisotopic (exact) mass is 462 g/mol. The van der Waals surface area contributed by atoms with Crippen LogP contribution in [0, 0.1) is 0 Å². The molecule has 1 aliphatic heterocycles. The average Bonchev–Trinajstić information content (AvgIpc) is 3.44. The Hall–Kier alpha value is -3.16. The molecule has 170 valence electrons. The van der Waals surface area contributed by atoms with E-state index in [-0.39, 0.29) is 17.4 Å². The molecular formula is C26H26N2O4S. The second-order valence-corrected chi connectivity index (χ2v) is 9.43. The minimum atomic E-state index is -1.01. The van der Waals surface area contributed by atoms with Gasteiger partial charge >= 0.3 is 5.97 Å². The zero-order valence-corrected chi connectivity index (χ0v) is 19.0. The highest BCUT2D eigenvalue weighted by molar-refractivity contribution is 7.15. The van der Waals surface area contributed by atoms with Crippen molar-refractivity contribution in [1.82, 2.24) is 0 Å². The van der Waals surface area contributed by atoms with Crippen LogP contribution < -0.4 is 10.6 Å². The highest BCUT2D eigenvalue weighted by Crippen LogP contribution is 2.43. The number of nitrogens with one attached hydrogen (secondary N) is 2. The van der Waals surface area contributed by atoms with Crippen LogP contribution in [-0.2, 0) is 11.2 Å². The van der Waals surface area contributed by atoms with Crippen molar-refractivity contribution < 1.29 is 19.4 Å². The average molecular weight is 463 g/mol. The van der Waals surface area contributed by atoms with E-state index in [1.165, 1.54) is 22.5 Å². The summed E-state index contributed by atoms with van der Waals surface area (Å²) in [5.41, 5.74) is 4.89. The molecule has 6 nitrogen and oxygen atoms in total. The lowest BCUT2D eigenvalue weighted by molar-refractivity contribution is 0.0697. The van der Waals surface area contributed by atoms with Crippen molar-refractivity contribution in [2.24, 2.45) is 0 Å². The number of benzene rings is 2. The maximum Gasteiger partial charge on any atom is 0.339 e. The fraction of sp³-hybridized carbons (Fsp3) is 0.308. The molecule has 3 aromatic rings. The largest absolute Gasteiger partial charge is 0.478 e. The van der Waals surface area contributed by atoms with Gasteiger partial charge in [-0.05, 0) is 72.0 Å². The molecule has 1 fully saturated rings. The molecular weight excluding hydrogens is 436 g/mol. The van der Waals surface area contributed by atoms with Crippen LogP contribution >= 0.6 is 11.3 Å². The second-order valence-electron chi connectivity index (χ2n) is 8.55. The van der Waals surface area contributed by atoms with Gasteiger partial charge in [0, 0.05) is 36.4 Å². The number of aryl methyl sites for hydroxylation is 1. The van der Waals surface area contributed by atoms with E-state index in [1.807, 2.05) is 29.6 Å². The summed E-state index contributed by atoms with van der Waals surface area (Å²) in [7, 11) is 0.